The molecule has 0 aromatic heterocycles. The van der Waals surface area contributed by atoms with E-state index in [1.807, 2.05) is 0 Å². The lowest BCUT2D eigenvalue weighted by molar-refractivity contribution is -0.127. The predicted octanol–water partition coefficient (Wildman–Crippen LogP) is 1.99. The Hall–Kier alpha value is -0.640. The average molecular weight is 242 g/mol. The maximum Gasteiger partial charge on any atom is 0.232 e. The van der Waals surface area contributed by atoms with E-state index in [2.05, 4.69) is 12.2 Å². The summed E-state index contributed by atoms with van der Waals surface area (Å²) in [6.07, 6.45) is 4.68. The van der Waals surface area contributed by atoms with Crippen LogP contribution in [0.5, 0.6) is 0 Å². The molecule has 0 aromatic carbocycles. The van der Waals surface area contributed by atoms with Gasteiger partial charge in [-0.15, -0.1) is 0 Å². The largest absolute Gasteiger partial charge is 0.392 e. The van der Waals surface area contributed by atoms with Gasteiger partial charge in [0, 0.05) is 6.04 Å². The van der Waals surface area contributed by atoms with E-state index in [9.17, 15) is 4.79 Å². The van der Waals surface area contributed by atoms with Gasteiger partial charge in [0.15, 0.2) is 0 Å². The van der Waals surface area contributed by atoms with Crippen LogP contribution in [0.3, 0.4) is 0 Å². The van der Waals surface area contributed by atoms with E-state index in [0.717, 1.165) is 18.8 Å². The second kappa shape index (κ2) is 5.13. The van der Waals surface area contributed by atoms with E-state index < -0.39 is 5.41 Å². The van der Waals surface area contributed by atoms with E-state index in [4.69, 9.17) is 18.0 Å². The molecule has 92 valence electrons. The van der Waals surface area contributed by atoms with Crippen LogP contribution >= 0.6 is 12.2 Å². The summed E-state index contributed by atoms with van der Waals surface area (Å²) < 4.78 is 0. The molecule has 0 aromatic rings. The molecule has 1 fully saturated rings. The highest BCUT2D eigenvalue weighted by molar-refractivity contribution is 7.80. The number of nitrogens with two attached hydrogens (primary N) is 1. The second-order valence-corrected chi connectivity index (χ2v) is 5.69. The zero-order chi connectivity index (χ0) is 12.3. The predicted molar refractivity (Wildman–Crippen MR) is 70.1 cm³/mol. The summed E-state index contributed by atoms with van der Waals surface area (Å²) in [6.45, 7) is 5.64. The minimum Gasteiger partial charge on any atom is -0.392 e. The van der Waals surface area contributed by atoms with Crippen molar-refractivity contribution in [3.05, 3.63) is 0 Å². The molecule has 0 aliphatic heterocycles. The fraction of sp³-hybridized carbons (Fsp3) is 0.833. The molecule has 1 aliphatic rings. The maximum absolute atomic E-state index is 12.0. The van der Waals surface area contributed by atoms with Crippen LogP contribution in [0, 0.1) is 11.3 Å². The summed E-state index contributed by atoms with van der Waals surface area (Å²) in [6, 6.07) is 0.272. The van der Waals surface area contributed by atoms with Crippen molar-refractivity contribution in [3.8, 4) is 0 Å². The monoisotopic (exact) mass is 242 g/mol. The molecule has 1 unspecified atom stereocenters. The molecule has 3 nitrogen and oxygen atoms in total. The third-order valence-corrected chi connectivity index (χ3v) is 3.84. The Morgan fingerprint density at radius 3 is 2.50 bits per heavy atom. The number of thiocarbonyl (C=S) groups is 1. The third kappa shape index (κ3) is 3.44. The van der Waals surface area contributed by atoms with E-state index in [1.54, 1.807) is 13.8 Å². The van der Waals surface area contributed by atoms with Gasteiger partial charge < -0.3 is 11.1 Å². The SMILES string of the molecule is CCC(CC1CC1)NC(=O)C(C)(C)C(N)=S. The van der Waals surface area contributed by atoms with Crippen molar-refractivity contribution < 1.29 is 4.79 Å². The highest BCUT2D eigenvalue weighted by Crippen LogP contribution is 2.34. The lowest BCUT2D eigenvalue weighted by atomic mass is 9.91. The quantitative estimate of drug-likeness (QED) is 0.700. The van der Waals surface area contributed by atoms with E-state index in [1.165, 1.54) is 12.8 Å². The molecule has 1 amide bonds. The summed E-state index contributed by atoms with van der Waals surface area (Å²) in [5.41, 5.74) is 4.83. The fourth-order valence-corrected chi connectivity index (χ4v) is 1.65. The summed E-state index contributed by atoms with van der Waals surface area (Å²) >= 11 is 4.91. The van der Waals surface area contributed by atoms with Crippen LogP contribution in [0.25, 0.3) is 0 Å². The first-order chi connectivity index (χ1) is 7.37. The zero-order valence-corrected chi connectivity index (χ0v) is 11.2. The van der Waals surface area contributed by atoms with Crippen LogP contribution in [-0.4, -0.2) is 16.9 Å². The van der Waals surface area contributed by atoms with Crippen LogP contribution in [-0.2, 0) is 4.79 Å². The van der Waals surface area contributed by atoms with E-state index in [-0.39, 0.29) is 16.9 Å². The highest BCUT2D eigenvalue weighted by Gasteiger charge is 2.33. The van der Waals surface area contributed by atoms with Crippen molar-refractivity contribution >= 4 is 23.1 Å². The first-order valence-electron chi connectivity index (χ1n) is 5.98. The molecule has 16 heavy (non-hydrogen) atoms. The van der Waals surface area contributed by atoms with Gasteiger partial charge in [0.1, 0.15) is 0 Å². The minimum absolute atomic E-state index is 0.0486. The number of rotatable bonds is 6. The number of amides is 1. The van der Waals surface area contributed by atoms with Gasteiger partial charge in [0.2, 0.25) is 5.91 Å². The summed E-state index contributed by atoms with van der Waals surface area (Å²) in [7, 11) is 0. The fourth-order valence-electron chi connectivity index (χ4n) is 1.56. The van der Waals surface area contributed by atoms with Crippen molar-refractivity contribution in [1.82, 2.24) is 5.32 Å². The van der Waals surface area contributed by atoms with Gasteiger partial charge in [-0.1, -0.05) is 32.0 Å². The van der Waals surface area contributed by atoms with Crippen molar-refractivity contribution in [2.45, 2.75) is 52.5 Å². The Kier molecular flexibility index (Phi) is 4.30. The number of carbonyl (C=O) groups is 1. The van der Waals surface area contributed by atoms with Gasteiger partial charge in [-0.3, -0.25) is 4.79 Å². The lowest BCUT2D eigenvalue weighted by Gasteiger charge is -2.26. The van der Waals surface area contributed by atoms with Gasteiger partial charge in [-0.2, -0.15) is 0 Å². The van der Waals surface area contributed by atoms with Gasteiger partial charge in [0.25, 0.3) is 0 Å². The number of hydrogen-bond acceptors (Lipinski definition) is 2. The molecule has 1 saturated carbocycles. The first kappa shape index (κ1) is 13.4. The van der Waals surface area contributed by atoms with Gasteiger partial charge in [-0.05, 0) is 32.6 Å². The first-order valence-corrected chi connectivity index (χ1v) is 6.39. The van der Waals surface area contributed by atoms with Crippen LogP contribution < -0.4 is 11.1 Å². The van der Waals surface area contributed by atoms with Crippen LogP contribution in [0.15, 0.2) is 0 Å². The Morgan fingerprint density at radius 2 is 2.12 bits per heavy atom. The highest BCUT2D eigenvalue weighted by atomic mass is 32.1. The van der Waals surface area contributed by atoms with Crippen LogP contribution in [0.2, 0.25) is 0 Å². The number of carbonyl (C=O) groups excluding carboxylic acids is 1. The standard InChI is InChI=1S/C12H22N2OS/c1-4-9(7-8-5-6-8)14-11(15)12(2,3)10(13)16/h8-9H,4-7H2,1-3H3,(H2,13,16)(H,14,15). The molecular formula is C12H22N2OS. The molecular weight excluding hydrogens is 220 g/mol. The normalized spacial score (nSPS) is 17.9. The van der Waals surface area contributed by atoms with E-state index >= 15 is 0 Å². The third-order valence-electron chi connectivity index (χ3n) is 3.33. The molecule has 1 atom stereocenters. The number of hydrogen-bond donors (Lipinski definition) is 2. The summed E-state index contributed by atoms with van der Waals surface area (Å²) in [4.78, 5) is 12.3. The van der Waals surface area contributed by atoms with Crippen LogP contribution in [0.1, 0.15) is 46.5 Å². The molecule has 0 saturated heterocycles. The molecule has 0 radical (unpaired) electrons. The molecule has 0 spiro atoms. The number of nitrogens with one attached hydrogen (secondary N) is 1. The van der Waals surface area contributed by atoms with Crippen molar-refractivity contribution in [2.75, 3.05) is 0 Å². The minimum atomic E-state index is -0.744. The molecule has 4 heteroatoms. The van der Waals surface area contributed by atoms with Crippen molar-refractivity contribution in [3.63, 3.8) is 0 Å². The maximum atomic E-state index is 12.0. The lowest BCUT2D eigenvalue weighted by Crippen LogP contribution is -2.48. The molecule has 0 heterocycles. The Morgan fingerprint density at radius 1 is 1.56 bits per heavy atom. The summed E-state index contributed by atoms with van der Waals surface area (Å²) in [5, 5.41) is 3.05. The second-order valence-electron chi connectivity index (χ2n) is 5.25. The van der Waals surface area contributed by atoms with Crippen molar-refractivity contribution in [1.29, 1.82) is 0 Å². The van der Waals surface area contributed by atoms with Gasteiger partial charge in [-0.25, -0.2) is 0 Å². The average Bonchev–Trinajstić information content (AvgIpc) is 3.00. The zero-order valence-electron chi connectivity index (χ0n) is 10.4. The van der Waals surface area contributed by atoms with Gasteiger partial charge in [0.05, 0.1) is 10.4 Å². The smallest absolute Gasteiger partial charge is 0.232 e. The summed E-state index contributed by atoms with van der Waals surface area (Å²) in [5.74, 6) is 0.769. The van der Waals surface area contributed by atoms with E-state index in [0.29, 0.717) is 0 Å². The van der Waals surface area contributed by atoms with Gasteiger partial charge >= 0.3 is 0 Å². The Balaban J connectivity index is 2.49. The Labute approximate surface area is 103 Å². The van der Waals surface area contributed by atoms with Crippen molar-refractivity contribution in [2.24, 2.45) is 17.1 Å². The Bertz CT molecular complexity index is 285. The molecule has 1 aliphatic carbocycles. The molecule has 3 N–H and O–H groups in total. The topological polar surface area (TPSA) is 55.1 Å². The molecule has 0 bridgehead atoms. The molecule has 1 rings (SSSR count). The van der Waals surface area contributed by atoms with Crippen LogP contribution in [0.4, 0.5) is 0 Å².